The summed E-state index contributed by atoms with van der Waals surface area (Å²) in [7, 11) is 0. The summed E-state index contributed by atoms with van der Waals surface area (Å²) in [6.45, 7) is 1.98. The van der Waals surface area contributed by atoms with Crippen LogP contribution in [0.1, 0.15) is 13.3 Å². The van der Waals surface area contributed by atoms with Crippen molar-refractivity contribution < 1.29 is 0 Å². The van der Waals surface area contributed by atoms with Gasteiger partial charge in [-0.05, 0) is 34.5 Å². The first-order valence-electron chi connectivity index (χ1n) is 5.45. The van der Waals surface area contributed by atoms with Crippen LogP contribution >= 0.6 is 15.9 Å². The number of halogens is 1. The van der Waals surface area contributed by atoms with Gasteiger partial charge in [-0.3, -0.25) is 4.98 Å². The summed E-state index contributed by atoms with van der Waals surface area (Å²) in [6.07, 6.45) is 2.53. The minimum atomic E-state index is -0.175. The Hall–Kier alpha value is -1.60. The van der Waals surface area contributed by atoms with Crippen molar-refractivity contribution in [2.45, 2.75) is 19.4 Å². The van der Waals surface area contributed by atoms with Gasteiger partial charge in [0.25, 0.3) is 0 Å². The van der Waals surface area contributed by atoms with Crippen molar-refractivity contribution in [1.82, 2.24) is 4.98 Å². The average Bonchev–Trinajstić information content (AvgIpc) is 2.35. The number of aromatic nitrogens is 1. The number of benzene rings is 1. The van der Waals surface area contributed by atoms with Crippen LogP contribution in [0.15, 0.2) is 34.9 Å². The minimum Gasteiger partial charge on any atom is -0.368 e. The van der Waals surface area contributed by atoms with E-state index < -0.39 is 0 Å². The topological polar surface area (TPSA) is 48.7 Å². The van der Waals surface area contributed by atoms with Crippen molar-refractivity contribution in [3.05, 3.63) is 34.9 Å². The van der Waals surface area contributed by atoms with Crippen LogP contribution < -0.4 is 5.32 Å². The molecule has 0 spiro atoms. The maximum atomic E-state index is 8.96. The van der Waals surface area contributed by atoms with Crippen molar-refractivity contribution >= 4 is 32.5 Å². The molecule has 1 aromatic carbocycles. The molecule has 4 heteroatoms. The van der Waals surface area contributed by atoms with Gasteiger partial charge in [-0.2, -0.15) is 5.26 Å². The molecule has 0 saturated carbocycles. The zero-order valence-electron chi connectivity index (χ0n) is 9.44. The molecule has 3 nitrogen and oxygen atoms in total. The van der Waals surface area contributed by atoms with Gasteiger partial charge in [0.1, 0.15) is 6.04 Å². The number of para-hydroxylation sites is 1. The number of rotatable bonds is 3. The van der Waals surface area contributed by atoms with Gasteiger partial charge in [0.2, 0.25) is 0 Å². The van der Waals surface area contributed by atoms with Gasteiger partial charge in [-0.15, -0.1) is 0 Å². The van der Waals surface area contributed by atoms with E-state index >= 15 is 0 Å². The van der Waals surface area contributed by atoms with Gasteiger partial charge < -0.3 is 5.32 Å². The van der Waals surface area contributed by atoms with Crippen LogP contribution in [0.4, 0.5) is 5.69 Å². The van der Waals surface area contributed by atoms with E-state index in [0.29, 0.717) is 0 Å². The van der Waals surface area contributed by atoms with Crippen molar-refractivity contribution in [1.29, 1.82) is 5.26 Å². The van der Waals surface area contributed by atoms with Crippen LogP contribution in [0.2, 0.25) is 0 Å². The van der Waals surface area contributed by atoms with Gasteiger partial charge in [-0.25, -0.2) is 0 Å². The molecule has 17 heavy (non-hydrogen) atoms. The zero-order valence-corrected chi connectivity index (χ0v) is 11.0. The molecule has 1 heterocycles. The van der Waals surface area contributed by atoms with E-state index in [-0.39, 0.29) is 6.04 Å². The Labute approximate surface area is 109 Å². The standard InChI is InChI=1S/C13H12BrN3/c1-2-11(7-15)17-12-5-3-4-9-6-10(14)8-16-13(9)12/h3-6,8,11,17H,2H2,1H3. The maximum absolute atomic E-state index is 8.96. The Morgan fingerprint density at radius 2 is 2.35 bits per heavy atom. The fraction of sp³-hybridized carbons (Fsp3) is 0.231. The van der Waals surface area contributed by atoms with Crippen molar-refractivity contribution in [2.75, 3.05) is 5.32 Å². The Balaban J connectivity index is 2.44. The molecule has 2 aromatic rings. The Bertz CT molecular complexity index is 574. The van der Waals surface area contributed by atoms with E-state index in [1.807, 2.05) is 31.2 Å². The van der Waals surface area contributed by atoms with E-state index in [0.717, 1.165) is 27.5 Å². The number of hydrogen-bond donors (Lipinski definition) is 1. The number of nitrogens with zero attached hydrogens (tertiary/aromatic N) is 2. The van der Waals surface area contributed by atoms with Crippen molar-refractivity contribution in [3.63, 3.8) is 0 Å². The highest BCUT2D eigenvalue weighted by Crippen LogP contribution is 2.24. The molecule has 0 saturated heterocycles. The van der Waals surface area contributed by atoms with Crippen LogP contribution in [0.5, 0.6) is 0 Å². The predicted molar refractivity (Wildman–Crippen MR) is 72.8 cm³/mol. The van der Waals surface area contributed by atoms with Crippen molar-refractivity contribution in [3.8, 4) is 6.07 Å². The molecule has 0 aliphatic rings. The number of pyridine rings is 1. The molecule has 1 N–H and O–H groups in total. The third kappa shape index (κ3) is 2.56. The average molecular weight is 290 g/mol. The van der Waals surface area contributed by atoms with Crippen molar-refractivity contribution in [2.24, 2.45) is 0 Å². The zero-order chi connectivity index (χ0) is 12.3. The highest BCUT2D eigenvalue weighted by molar-refractivity contribution is 9.10. The van der Waals surface area contributed by atoms with Crippen LogP contribution in [0.3, 0.4) is 0 Å². The summed E-state index contributed by atoms with van der Waals surface area (Å²) in [6, 6.07) is 9.98. The number of hydrogen-bond acceptors (Lipinski definition) is 3. The summed E-state index contributed by atoms with van der Waals surface area (Å²) in [5.41, 5.74) is 1.80. The Morgan fingerprint density at radius 1 is 1.53 bits per heavy atom. The third-order valence-electron chi connectivity index (χ3n) is 2.57. The van der Waals surface area contributed by atoms with Crippen LogP contribution in [0, 0.1) is 11.3 Å². The molecule has 2 rings (SSSR count). The fourth-order valence-corrected chi connectivity index (χ4v) is 2.01. The lowest BCUT2D eigenvalue weighted by Crippen LogP contribution is -2.15. The van der Waals surface area contributed by atoms with Gasteiger partial charge in [0, 0.05) is 16.1 Å². The lowest BCUT2D eigenvalue weighted by atomic mass is 10.1. The second kappa shape index (κ2) is 5.15. The monoisotopic (exact) mass is 289 g/mol. The molecule has 0 bridgehead atoms. The first kappa shape index (κ1) is 11.9. The number of anilines is 1. The summed E-state index contributed by atoms with van der Waals surface area (Å²) >= 11 is 3.40. The molecule has 0 aliphatic carbocycles. The van der Waals surface area contributed by atoms with Gasteiger partial charge in [0.15, 0.2) is 0 Å². The SMILES string of the molecule is CCC(C#N)Nc1cccc2cc(Br)cnc12. The van der Waals surface area contributed by atoms with E-state index in [1.54, 1.807) is 6.20 Å². The second-order valence-electron chi connectivity index (χ2n) is 3.77. The van der Waals surface area contributed by atoms with Crippen LogP contribution in [-0.4, -0.2) is 11.0 Å². The first-order chi connectivity index (χ1) is 8.24. The quantitative estimate of drug-likeness (QED) is 0.937. The van der Waals surface area contributed by atoms with Crippen LogP contribution in [0.25, 0.3) is 10.9 Å². The normalized spacial score (nSPS) is 12.1. The van der Waals surface area contributed by atoms with Gasteiger partial charge >= 0.3 is 0 Å². The summed E-state index contributed by atoms with van der Waals surface area (Å²) in [5.74, 6) is 0. The van der Waals surface area contributed by atoms with E-state index in [1.165, 1.54) is 0 Å². The molecule has 1 aromatic heterocycles. The highest BCUT2D eigenvalue weighted by atomic mass is 79.9. The fourth-order valence-electron chi connectivity index (χ4n) is 1.66. The molecule has 1 unspecified atom stereocenters. The van der Waals surface area contributed by atoms with E-state index in [9.17, 15) is 0 Å². The second-order valence-corrected chi connectivity index (χ2v) is 4.68. The molecule has 0 aliphatic heterocycles. The Morgan fingerprint density at radius 3 is 3.06 bits per heavy atom. The summed E-state index contributed by atoms with van der Waals surface area (Å²) in [4.78, 5) is 4.38. The van der Waals surface area contributed by atoms with Gasteiger partial charge in [0.05, 0.1) is 17.3 Å². The molecule has 0 fully saturated rings. The first-order valence-corrected chi connectivity index (χ1v) is 6.24. The predicted octanol–water partition coefficient (Wildman–Crippen LogP) is 3.71. The third-order valence-corrected chi connectivity index (χ3v) is 3.01. The maximum Gasteiger partial charge on any atom is 0.114 e. The number of nitriles is 1. The molecule has 1 atom stereocenters. The molecule has 0 radical (unpaired) electrons. The minimum absolute atomic E-state index is 0.175. The lowest BCUT2D eigenvalue weighted by Gasteiger charge is -2.12. The van der Waals surface area contributed by atoms with Crippen LogP contribution in [-0.2, 0) is 0 Å². The largest absolute Gasteiger partial charge is 0.368 e. The molecular weight excluding hydrogens is 278 g/mol. The molecular formula is C13H12BrN3. The van der Waals surface area contributed by atoms with E-state index in [2.05, 4.69) is 32.3 Å². The highest BCUT2D eigenvalue weighted by Gasteiger charge is 2.07. The van der Waals surface area contributed by atoms with Gasteiger partial charge in [-0.1, -0.05) is 19.1 Å². The lowest BCUT2D eigenvalue weighted by molar-refractivity contribution is 0.846. The number of nitrogens with one attached hydrogen (secondary N) is 1. The summed E-state index contributed by atoms with van der Waals surface area (Å²) < 4.78 is 0.953. The Kier molecular flexibility index (Phi) is 3.60. The molecule has 0 amide bonds. The number of fused-ring (bicyclic) bond motifs is 1. The van der Waals surface area contributed by atoms with E-state index in [4.69, 9.17) is 5.26 Å². The summed E-state index contributed by atoms with van der Waals surface area (Å²) in [5, 5.41) is 13.2. The smallest absolute Gasteiger partial charge is 0.114 e. The molecule has 86 valence electrons.